The van der Waals surface area contributed by atoms with Crippen molar-refractivity contribution in [2.75, 3.05) is 13.1 Å². The molecule has 2 amide bonds. The van der Waals surface area contributed by atoms with Crippen molar-refractivity contribution in [3.8, 4) is 0 Å². The Morgan fingerprint density at radius 2 is 1.31 bits per heavy atom. The molecule has 3 heteroatoms. The van der Waals surface area contributed by atoms with E-state index in [0.717, 1.165) is 25.9 Å². The fraction of sp³-hybridized carbons (Fsp3) is 0.923. The molecule has 0 saturated heterocycles. The van der Waals surface area contributed by atoms with Crippen molar-refractivity contribution < 1.29 is 4.79 Å². The summed E-state index contributed by atoms with van der Waals surface area (Å²) in [7, 11) is 0. The molecule has 0 spiro atoms. The first-order valence-electron chi connectivity index (χ1n) is 6.83. The molecule has 0 saturated carbocycles. The number of hydrogen-bond donors (Lipinski definition) is 2. The van der Waals surface area contributed by atoms with Gasteiger partial charge in [-0.05, 0) is 12.8 Å². The Morgan fingerprint density at radius 3 is 1.94 bits per heavy atom. The summed E-state index contributed by atoms with van der Waals surface area (Å²) in [5.74, 6) is 0. The second kappa shape index (κ2) is 12.3. The van der Waals surface area contributed by atoms with Gasteiger partial charge in [-0.15, -0.1) is 0 Å². The molecule has 0 aliphatic carbocycles. The largest absolute Gasteiger partial charge is 0.338 e. The van der Waals surface area contributed by atoms with Gasteiger partial charge in [-0.1, -0.05) is 52.4 Å². The summed E-state index contributed by atoms with van der Waals surface area (Å²) >= 11 is 0. The van der Waals surface area contributed by atoms with Gasteiger partial charge in [0.2, 0.25) is 0 Å². The minimum absolute atomic E-state index is 0.0205. The Morgan fingerprint density at radius 1 is 0.750 bits per heavy atom. The Labute approximate surface area is 100 Å². The molecule has 0 aliphatic heterocycles. The summed E-state index contributed by atoms with van der Waals surface area (Å²) in [5.41, 5.74) is 0. The molecule has 0 atom stereocenters. The van der Waals surface area contributed by atoms with Gasteiger partial charge in [0, 0.05) is 13.1 Å². The zero-order valence-corrected chi connectivity index (χ0v) is 11.0. The van der Waals surface area contributed by atoms with Gasteiger partial charge in [-0.3, -0.25) is 0 Å². The molecule has 2 N–H and O–H groups in total. The summed E-state index contributed by atoms with van der Waals surface area (Å²) < 4.78 is 0. The van der Waals surface area contributed by atoms with Gasteiger partial charge in [-0.25, -0.2) is 4.79 Å². The van der Waals surface area contributed by atoms with Crippen molar-refractivity contribution >= 4 is 6.03 Å². The monoisotopic (exact) mass is 228 g/mol. The Balaban J connectivity index is 3.05. The lowest BCUT2D eigenvalue weighted by molar-refractivity contribution is 0.240. The summed E-state index contributed by atoms with van der Waals surface area (Å²) in [6.07, 6.45) is 10.0. The van der Waals surface area contributed by atoms with Gasteiger partial charge in [0.15, 0.2) is 0 Å². The molecular weight excluding hydrogens is 200 g/mol. The highest BCUT2D eigenvalue weighted by molar-refractivity contribution is 5.73. The van der Waals surface area contributed by atoms with Gasteiger partial charge in [0.25, 0.3) is 0 Å². The minimum Gasteiger partial charge on any atom is -0.338 e. The van der Waals surface area contributed by atoms with Crippen molar-refractivity contribution in [2.45, 2.75) is 65.2 Å². The summed E-state index contributed by atoms with van der Waals surface area (Å²) in [6.45, 7) is 5.86. The molecule has 0 aromatic heterocycles. The van der Waals surface area contributed by atoms with E-state index in [1.165, 1.54) is 38.5 Å². The first kappa shape index (κ1) is 15.3. The second-order valence-electron chi connectivity index (χ2n) is 4.30. The minimum atomic E-state index is -0.0205. The van der Waals surface area contributed by atoms with Crippen molar-refractivity contribution in [3.05, 3.63) is 0 Å². The zero-order valence-electron chi connectivity index (χ0n) is 11.0. The van der Waals surface area contributed by atoms with E-state index in [2.05, 4.69) is 24.5 Å². The molecule has 3 nitrogen and oxygen atoms in total. The quantitative estimate of drug-likeness (QED) is 0.552. The molecule has 0 radical (unpaired) electrons. The normalized spacial score (nSPS) is 10.1. The number of urea groups is 1. The number of hydrogen-bond acceptors (Lipinski definition) is 1. The fourth-order valence-corrected chi connectivity index (χ4v) is 1.59. The molecule has 0 unspecified atom stereocenters. The van der Waals surface area contributed by atoms with E-state index in [9.17, 15) is 4.79 Å². The third-order valence-corrected chi connectivity index (χ3v) is 2.60. The maximum Gasteiger partial charge on any atom is 0.314 e. The highest BCUT2D eigenvalue weighted by atomic mass is 16.2. The maximum atomic E-state index is 11.2. The van der Waals surface area contributed by atoms with Gasteiger partial charge in [-0.2, -0.15) is 0 Å². The number of amides is 2. The number of carbonyl (C=O) groups excluding carboxylic acids is 1. The Hall–Kier alpha value is -0.730. The lowest BCUT2D eigenvalue weighted by Crippen LogP contribution is -2.36. The van der Waals surface area contributed by atoms with Crippen molar-refractivity contribution in [3.63, 3.8) is 0 Å². The molecule has 0 heterocycles. The predicted molar refractivity (Wildman–Crippen MR) is 69.7 cm³/mol. The molecule has 0 aromatic carbocycles. The first-order valence-corrected chi connectivity index (χ1v) is 6.83. The van der Waals surface area contributed by atoms with Crippen LogP contribution in [0, 0.1) is 0 Å². The molecule has 0 aliphatic rings. The SMILES string of the molecule is CCCCCCCCCNC(=O)NCCC. The lowest BCUT2D eigenvalue weighted by Gasteiger charge is -2.06. The van der Waals surface area contributed by atoms with E-state index in [-0.39, 0.29) is 6.03 Å². The van der Waals surface area contributed by atoms with E-state index in [4.69, 9.17) is 0 Å². The summed E-state index contributed by atoms with van der Waals surface area (Å²) in [6, 6.07) is -0.0205. The number of nitrogens with one attached hydrogen (secondary N) is 2. The maximum absolute atomic E-state index is 11.2. The van der Waals surface area contributed by atoms with E-state index < -0.39 is 0 Å². The van der Waals surface area contributed by atoms with Crippen molar-refractivity contribution in [1.82, 2.24) is 10.6 Å². The molecule has 96 valence electrons. The van der Waals surface area contributed by atoms with E-state index in [0.29, 0.717) is 0 Å². The summed E-state index contributed by atoms with van der Waals surface area (Å²) in [4.78, 5) is 11.2. The van der Waals surface area contributed by atoms with E-state index in [1.807, 2.05) is 0 Å². The standard InChI is InChI=1S/C13H28N2O/c1-3-5-6-7-8-9-10-12-15-13(16)14-11-4-2/h3-12H2,1-2H3,(H2,14,15,16). The van der Waals surface area contributed by atoms with Crippen LogP contribution in [0.1, 0.15) is 65.2 Å². The van der Waals surface area contributed by atoms with Crippen LogP contribution in [0.25, 0.3) is 0 Å². The van der Waals surface area contributed by atoms with Crippen LogP contribution in [0.15, 0.2) is 0 Å². The van der Waals surface area contributed by atoms with Gasteiger partial charge >= 0.3 is 6.03 Å². The van der Waals surface area contributed by atoms with Crippen LogP contribution in [-0.2, 0) is 0 Å². The Bertz CT molecular complexity index is 160. The third-order valence-electron chi connectivity index (χ3n) is 2.60. The first-order chi connectivity index (χ1) is 7.81. The number of carbonyl (C=O) groups is 1. The molecule has 16 heavy (non-hydrogen) atoms. The molecule has 0 rings (SSSR count). The van der Waals surface area contributed by atoms with Crippen LogP contribution in [-0.4, -0.2) is 19.1 Å². The lowest BCUT2D eigenvalue weighted by atomic mass is 10.1. The van der Waals surface area contributed by atoms with Crippen molar-refractivity contribution in [1.29, 1.82) is 0 Å². The fourth-order valence-electron chi connectivity index (χ4n) is 1.59. The molecular formula is C13H28N2O. The van der Waals surface area contributed by atoms with Gasteiger partial charge in [0.1, 0.15) is 0 Å². The van der Waals surface area contributed by atoms with Crippen LogP contribution in [0.3, 0.4) is 0 Å². The topological polar surface area (TPSA) is 41.1 Å². The Kier molecular flexibility index (Phi) is 11.8. The van der Waals surface area contributed by atoms with Gasteiger partial charge < -0.3 is 10.6 Å². The van der Waals surface area contributed by atoms with Crippen LogP contribution in [0.5, 0.6) is 0 Å². The molecule has 0 aromatic rings. The second-order valence-corrected chi connectivity index (χ2v) is 4.30. The van der Waals surface area contributed by atoms with Crippen LogP contribution in [0.2, 0.25) is 0 Å². The highest BCUT2D eigenvalue weighted by Crippen LogP contribution is 2.06. The predicted octanol–water partition coefficient (Wildman–Crippen LogP) is 3.45. The van der Waals surface area contributed by atoms with Gasteiger partial charge in [0.05, 0.1) is 0 Å². The highest BCUT2D eigenvalue weighted by Gasteiger charge is 1.96. The summed E-state index contributed by atoms with van der Waals surface area (Å²) in [5, 5.41) is 5.67. The molecule has 0 fully saturated rings. The van der Waals surface area contributed by atoms with E-state index in [1.54, 1.807) is 0 Å². The van der Waals surface area contributed by atoms with Crippen LogP contribution in [0.4, 0.5) is 4.79 Å². The van der Waals surface area contributed by atoms with Crippen molar-refractivity contribution in [2.24, 2.45) is 0 Å². The smallest absolute Gasteiger partial charge is 0.314 e. The third kappa shape index (κ3) is 11.3. The van der Waals surface area contributed by atoms with Crippen LogP contribution >= 0.6 is 0 Å². The molecule has 0 bridgehead atoms. The average Bonchev–Trinajstić information content (AvgIpc) is 2.30. The number of rotatable bonds is 10. The number of unbranched alkanes of at least 4 members (excludes halogenated alkanes) is 6. The van der Waals surface area contributed by atoms with Crippen LogP contribution < -0.4 is 10.6 Å². The zero-order chi connectivity index (χ0) is 12.1. The van der Waals surface area contributed by atoms with E-state index >= 15 is 0 Å². The average molecular weight is 228 g/mol.